The molecule has 0 radical (unpaired) electrons. The van der Waals surface area contributed by atoms with E-state index in [1.807, 2.05) is 18.2 Å². The van der Waals surface area contributed by atoms with Crippen molar-refractivity contribution in [3.05, 3.63) is 46.5 Å². The van der Waals surface area contributed by atoms with Crippen LogP contribution >= 0.6 is 11.6 Å². The summed E-state index contributed by atoms with van der Waals surface area (Å²) in [5.41, 5.74) is 1.83. The molecule has 122 valence electrons. The average molecular weight is 334 g/mol. The molecule has 23 heavy (non-hydrogen) atoms. The van der Waals surface area contributed by atoms with E-state index in [4.69, 9.17) is 16.3 Å². The molecule has 0 aromatic heterocycles. The van der Waals surface area contributed by atoms with Crippen LogP contribution in [0.3, 0.4) is 0 Å². The molecule has 5 heteroatoms. The van der Waals surface area contributed by atoms with E-state index in [1.54, 1.807) is 12.1 Å². The van der Waals surface area contributed by atoms with Crippen molar-refractivity contribution in [1.29, 1.82) is 0 Å². The third-order valence-electron chi connectivity index (χ3n) is 4.31. The van der Waals surface area contributed by atoms with Crippen LogP contribution in [-0.4, -0.2) is 30.3 Å². The minimum absolute atomic E-state index is 0.151. The van der Waals surface area contributed by atoms with Gasteiger partial charge in [-0.25, -0.2) is 0 Å². The first-order valence-electron chi connectivity index (χ1n) is 7.89. The van der Waals surface area contributed by atoms with Gasteiger partial charge in [0.05, 0.1) is 6.10 Å². The molecule has 1 aromatic carbocycles. The van der Waals surface area contributed by atoms with Gasteiger partial charge in [-0.3, -0.25) is 4.79 Å². The standard InChI is InChI=1S/C18H20ClNO3/c19-15-5-6-17-14(9-15)8-12(11-23-17)4-7-18(22)20-10-13-2-1-3-16(13)21/h4-9,13,16,21H,1-3,10-11H2,(H,20,22). The number of aliphatic hydroxyl groups is 1. The molecule has 1 saturated carbocycles. The highest BCUT2D eigenvalue weighted by Crippen LogP contribution is 2.29. The monoisotopic (exact) mass is 333 g/mol. The van der Waals surface area contributed by atoms with Crippen LogP contribution in [-0.2, 0) is 4.79 Å². The highest BCUT2D eigenvalue weighted by Gasteiger charge is 2.24. The minimum Gasteiger partial charge on any atom is -0.488 e. The fourth-order valence-corrected chi connectivity index (χ4v) is 3.17. The molecule has 2 aliphatic rings. The number of benzene rings is 1. The van der Waals surface area contributed by atoms with Crippen LogP contribution in [0.15, 0.2) is 35.9 Å². The van der Waals surface area contributed by atoms with Gasteiger partial charge in [-0.2, -0.15) is 0 Å². The second-order valence-corrected chi connectivity index (χ2v) is 6.46. The first kappa shape index (κ1) is 16.1. The smallest absolute Gasteiger partial charge is 0.244 e. The Hall–Kier alpha value is -1.78. The van der Waals surface area contributed by atoms with E-state index in [0.29, 0.717) is 18.2 Å². The Bertz CT molecular complexity index is 654. The second-order valence-electron chi connectivity index (χ2n) is 6.03. The van der Waals surface area contributed by atoms with Gasteiger partial charge in [0.25, 0.3) is 0 Å². The van der Waals surface area contributed by atoms with Crippen molar-refractivity contribution in [2.45, 2.75) is 25.4 Å². The Kier molecular flexibility index (Phi) is 5.03. The van der Waals surface area contributed by atoms with E-state index < -0.39 is 0 Å². The molecule has 1 aliphatic carbocycles. The van der Waals surface area contributed by atoms with E-state index in [1.165, 1.54) is 6.08 Å². The lowest BCUT2D eigenvalue weighted by molar-refractivity contribution is -0.116. The topological polar surface area (TPSA) is 58.6 Å². The zero-order valence-electron chi connectivity index (χ0n) is 12.8. The summed E-state index contributed by atoms with van der Waals surface area (Å²) in [4.78, 5) is 11.9. The van der Waals surface area contributed by atoms with E-state index >= 15 is 0 Å². The molecule has 2 N–H and O–H groups in total. The fraction of sp³-hybridized carbons (Fsp3) is 0.389. The van der Waals surface area contributed by atoms with Gasteiger partial charge in [0, 0.05) is 29.1 Å². The molecule has 1 amide bonds. The van der Waals surface area contributed by atoms with Crippen molar-refractivity contribution in [3.8, 4) is 5.75 Å². The summed E-state index contributed by atoms with van der Waals surface area (Å²) in [6, 6.07) is 5.47. The Labute approximate surface area is 140 Å². The van der Waals surface area contributed by atoms with Gasteiger partial charge in [-0.15, -0.1) is 0 Å². The fourth-order valence-electron chi connectivity index (χ4n) is 2.99. The summed E-state index contributed by atoms with van der Waals surface area (Å²) < 4.78 is 5.64. The quantitative estimate of drug-likeness (QED) is 0.833. The van der Waals surface area contributed by atoms with Crippen LogP contribution in [0, 0.1) is 5.92 Å². The molecule has 0 saturated heterocycles. The molecule has 4 nitrogen and oxygen atoms in total. The van der Waals surface area contributed by atoms with Crippen molar-refractivity contribution in [1.82, 2.24) is 5.32 Å². The number of hydrogen-bond acceptors (Lipinski definition) is 3. The second kappa shape index (κ2) is 7.20. The van der Waals surface area contributed by atoms with Gasteiger partial charge in [0.2, 0.25) is 5.91 Å². The van der Waals surface area contributed by atoms with Gasteiger partial charge in [-0.1, -0.05) is 24.1 Å². The third kappa shape index (κ3) is 4.15. The molecule has 1 aliphatic heterocycles. The van der Waals surface area contributed by atoms with Crippen LogP contribution < -0.4 is 10.1 Å². The van der Waals surface area contributed by atoms with Gasteiger partial charge < -0.3 is 15.2 Å². The molecule has 2 atom stereocenters. The number of carbonyl (C=O) groups excluding carboxylic acids is 1. The van der Waals surface area contributed by atoms with Crippen LogP contribution in [0.2, 0.25) is 5.02 Å². The SMILES string of the molecule is O=C(C=CC1=Cc2cc(Cl)ccc2OC1)NCC1CCCC1O. The zero-order chi connectivity index (χ0) is 16.2. The lowest BCUT2D eigenvalue weighted by Crippen LogP contribution is -2.31. The normalized spacial score (nSPS) is 23.3. The Morgan fingerprint density at radius 3 is 3.09 bits per heavy atom. The van der Waals surface area contributed by atoms with Crippen molar-refractivity contribution in [2.75, 3.05) is 13.2 Å². The zero-order valence-corrected chi connectivity index (χ0v) is 13.6. The lowest BCUT2D eigenvalue weighted by atomic mass is 10.1. The first-order chi connectivity index (χ1) is 11.1. The number of ether oxygens (including phenoxy) is 1. The van der Waals surface area contributed by atoms with Crippen LogP contribution in [0.25, 0.3) is 6.08 Å². The van der Waals surface area contributed by atoms with Crippen LogP contribution in [0.1, 0.15) is 24.8 Å². The van der Waals surface area contributed by atoms with Crippen LogP contribution in [0.5, 0.6) is 5.75 Å². The third-order valence-corrected chi connectivity index (χ3v) is 4.55. The maximum atomic E-state index is 11.9. The van der Waals surface area contributed by atoms with Crippen molar-refractivity contribution < 1.29 is 14.6 Å². The molecular formula is C18H20ClNO3. The molecule has 3 rings (SSSR count). The van der Waals surface area contributed by atoms with Crippen LogP contribution in [0.4, 0.5) is 0 Å². The maximum absolute atomic E-state index is 11.9. The number of carbonyl (C=O) groups is 1. The number of rotatable bonds is 4. The Morgan fingerprint density at radius 2 is 2.30 bits per heavy atom. The maximum Gasteiger partial charge on any atom is 0.244 e. The minimum atomic E-state index is -0.282. The Morgan fingerprint density at radius 1 is 1.43 bits per heavy atom. The summed E-state index contributed by atoms with van der Waals surface area (Å²) in [7, 11) is 0. The summed E-state index contributed by atoms with van der Waals surface area (Å²) in [5.74, 6) is 0.826. The van der Waals surface area contributed by atoms with Crippen molar-refractivity contribution in [2.24, 2.45) is 5.92 Å². The number of halogens is 1. The number of hydrogen-bond donors (Lipinski definition) is 2. The Balaban J connectivity index is 1.56. The molecule has 0 bridgehead atoms. The number of amides is 1. The molecule has 1 heterocycles. The number of fused-ring (bicyclic) bond motifs is 1. The predicted molar refractivity (Wildman–Crippen MR) is 90.4 cm³/mol. The molecule has 0 spiro atoms. The first-order valence-corrected chi connectivity index (χ1v) is 8.26. The average Bonchev–Trinajstić information content (AvgIpc) is 2.95. The van der Waals surface area contributed by atoms with Crippen molar-refractivity contribution in [3.63, 3.8) is 0 Å². The highest BCUT2D eigenvalue weighted by atomic mass is 35.5. The predicted octanol–water partition coefficient (Wildman–Crippen LogP) is 2.95. The van der Waals surface area contributed by atoms with Crippen molar-refractivity contribution >= 4 is 23.6 Å². The van der Waals surface area contributed by atoms with Gasteiger partial charge in [0.15, 0.2) is 0 Å². The molecular weight excluding hydrogens is 314 g/mol. The van der Waals surface area contributed by atoms with E-state index in [2.05, 4.69) is 5.32 Å². The number of nitrogens with one attached hydrogen (secondary N) is 1. The number of aliphatic hydroxyl groups excluding tert-OH is 1. The summed E-state index contributed by atoms with van der Waals surface area (Å²) in [5, 5.41) is 13.2. The summed E-state index contributed by atoms with van der Waals surface area (Å²) in [6.45, 7) is 0.956. The van der Waals surface area contributed by atoms with Gasteiger partial charge in [-0.05, 0) is 42.7 Å². The van der Waals surface area contributed by atoms with E-state index in [-0.39, 0.29) is 17.9 Å². The van der Waals surface area contributed by atoms with Gasteiger partial charge in [0.1, 0.15) is 12.4 Å². The lowest BCUT2D eigenvalue weighted by Gasteiger charge is -2.16. The summed E-state index contributed by atoms with van der Waals surface area (Å²) >= 11 is 5.98. The van der Waals surface area contributed by atoms with E-state index in [9.17, 15) is 9.90 Å². The summed E-state index contributed by atoms with van der Waals surface area (Å²) in [6.07, 6.45) is 7.79. The van der Waals surface area contributed by atoms with E-state index in [0.717, 1.165) is 36.1 Å². The van der Waals surface area contributed by atoms with Gasteiger partial charge >= 0.3 is 0 Å². The highest BCUT2D eigenvalue weighted by molar-refractivity contribution is 6.30. The molecule has 1 fully saturated rings. The molecule has 1 aromatic rings. The largest absolute Gasteiger partial charge is 0.488 e. The molecule has 2 unspecified atom stereocenters.